The maximum Gasteiger partial charge on any atom is 0.253 e. The summed E-state index contributed by atoms with van der Waals surface area (Å²) in [5, 5.41) is 12.6. The highest BCUT2D eigenvalue weighted by Gasteiger charge is 2.33. The van der Waals surface area contributed by atoms with Crippen LogP contribution in [0.1, 0.15) is 62.6 Å². The highest BCUT2D eigenvalue weighted by Crippen LogP contribution is 2.39. The quantitative estimate of drug-likeness (QED) is 0.127. The van der Waals surface area contributed by atoms with Crippen molar-refractivity contribution >= 4 is 5.91 Å². The fraction of sp³-hybridized carbons (Fsp3) is 0.200. The van der Waals surface area contributed by atoms with Gasteiger partial charge in [-0.25, -0.2) is 0 Å². The van der Waals surface area contributed by atoms with Crippen molar-refractivity contribution < 1.29 is 19.4 Å². The number of nitrogens with zero attached hydrogens (tertiary/aromatic N) is 2. The normalized spacial score (nSPS) is 17.2. The molecule has 6 aromatic rings. The van der Waals surface area contributed by atoms with Gasteiger partial charge < -0.3 is 19.9 Å². The van der Waals surface area contributed by atoms with E-state index in [1.165, 1.54) is 11.1 Å². The second-order valence-electron chi connectivity index (χ2n) is 13.2. The minimum atomic E-state index is -0.556. The third-order valence-electron chi connectivity index (χ3n) is 9.39. The van der Waals surface area contributed by atoms with Gasteiger partial charge in [0.25, 0.3) is 5.91 Å². The van der Waals surface area contributed by atoms with E-state index >= 15 is 0 Å². The summed E-state index contributed by atoms with van der Waals surface area (Å²) in [5.41, 5.74) is 9.06. The summed E-state index contributed by atoms with van der Waals surface area (Å²) in [6.07, 6.45) is 3.10. The molecule has 1 aliphatic rings. The van der Waals surface area contributed by atoms with Gasteiger partial charge in [-0.1, -0.05) is 127 Å². The lowest BCUT2D eigenvalue weighted by Crippen LogP contribution is -2.39. The van der Waals surface area contributed by atoms with Gasteiger partial charge >= 0.3 is 0 Å². The largest absolute Gasteiger partial charge is 0.392 e. The van der Waals surface area contributed by atoms with E-state index < -0.39 is 6.29 Å². The molecule has 5 aromatic carbocycles. The molecule has 7 rings (SSSR count). The first-order valence-electron chi connectivity index (χ1n) is 17.8. The maximum atomic E-state index is 12.6. The molecule has 0 radical (unpaired) electrons. The molecule has 0 bridgehead atoms. The van der Waals surface area contributed by atoms with E-state index in [4.69, 9.17) is 9.47 Å². The number of amides is 1. The average Bonchev–Trinajstić information content (AvgIpc) is 3.21. The number of rotatable bonds is 13. The Labute approximate surface area is 305 Å². The van der Waals surface area contributed by atoms with Gasteiger partial charge in [0.05, 0.1) is 24.4 Å². The van der Waals surface area contributed by atoms with E-state index in [-0.39, 0.29) is 24.7 Å². The first kappa shape index (κ1) is 35.0. The number of aliphatic hydroxyl groups excluding tert-OH is 1. The van der Waals surface area contributed by atoms with Crippen molar-refractivity contribution in [3.63, 3.8) is 0 Å². The molecule has 7 heteroatoms. The summed E-state index contributed by atoms with van der Waals surface area (Å²) in [5.74, 6) is -0.153. The Balaban J connectivity index is 1.09. The lowest BCUT2D eigenvalue weighted by molar-refractivity contribution is -0.253. The lowest BCUT2D eigenvalue weighted by atomic mass is 9.98. The number of hydrogen-bond donors (Lipinski definition) is 2. The number of nitrogens with one attached hydrogen (secondary N) is 1. The van der Waals surface area contributed by atoms with Crippen LogP contribution in [0.5, 0.6) is 0 Å². The summed E-state index contributed by atoms with van der Waals surface area (Å²) < 4.78 is 13.5. The molecule has 7 nitrogen and oxygen atoms in total. The molecule has 3 atom stereocenters. The molecule has 1 fully saturated rings. The molecule has 0 spiro atoms. The third-order valence-corrected chi connectivity index (χ3v) is 9.39. The van der Waals surface area contributed by atoms with E-state index in [0.717, 1.165) is 53.0 Å². The van der Waals surface area contributed by atoms with Crippen molar-refractivity contribution in [3.8, 4) is 11.1 Å². The molecule has 0 unspecified atom stereocenters. The number of hydrogen-bond acceptors (Lipinski definition) is 6. The van der Waals surface area contributed by atoms with E-state index in [2.05, 4.69) is 124 Å². The molecule has 262 valence electrons. The lowest BCUT2D eigenvalue weighted by Gasteiger charge is -2.38. The van der Waals surface area contributed by atoms with Gasteiger partial charge in [0.2, 0.25) is 0 Å². The van der Waals surface area contributed by atoms with Crippen LogP contribution in [0.15, 0.2) is 158 Å². The topological polar surface area (TPSA) is 83.9 Å². The Bertz CT molecular complexity index is 1960. The molecule has 2 N–H and O–H groups in total. The summed E-state index contributed by atoms with van der Waals surface area (Å²) in [4.78, 5) is 19.1. The van der Waals surface area contributed by atoms with Crippen molar-refractivity contribution in [2.45, 2.75) is 51.2 Å². The zero-order valence-electron chi connectivity index (χ0n) is 29.1. The number of carbonyl (C=O) groups is 1. The van der Waals surface area contributed by atoms with Crippen LogP contribution < -0.4 is 5.32 Å². The Hall–Kier alpha value is -5.44. The molecule has 2 heterocycles. The Kier molecular flexibility index (Phi) is 11.6. The first-order valence-corrected chi connectivity index (χ1v) is 17.8. The van der Waals surface area contributed by atoms with Gasteiger partial charge in [0, 0.05) is 50.6 Å². The Morgan fingerprint density at radius 2 is 1.37 bits per heavy atom. The van der Waals surface area contributed by atoms with Crippen molar-refractivity contribution in [2.24, 2.45) is 0 Å². The van der Waals surface area contributed by atoms with Crippen LogP contribution in [0.4, 0.5) is 0 Å². The summed E-state index contributed by atoms with van der Waals surface area (Å²) >= 11 is 0. The van der Waals surface area contributed by atoms with E-state index in [1.54, 1.807) is 24.5 Å². The van der Waals surface area contributed by atoms with Crippen LogP contribution in [-0.2, 0) is 35.7 Å². The molecule has 1 saturated heterocycles. The average molecular weight is 690 g/mol. The van der Waals surface area contributed by atoms with Gasteiger partial charge in [-0.05, 0) is 57.1 Å². The molecule has 1 amide bonds. The van der Waals surface area contributed by atoms with Gasteiger partial charge in [0.1, 0.15) is 0 Å². The minimum absolute atomic E-state index is 0.00336. The summed E-state index contributed by atoms with van der Waals surface area (Å²) in [6.45, 7) is 2.76. The van der Waals surface area contributed by atoms with Crippen LogP contribution in [0, 0.1) is 0 Å². The molecular formula is C45H43N3O4. The zero-order valence-corrected chi connectivity index (χ0v) is 29.1. The zero-order chi connectivity index (χ0) is 35.5. The fourth-order valence-electron chi connectivity index (χ4n) is 6.66. The maximum absolute atomic E-state index is 12.6. The van der Waals surface area contributed by atoms with Crippen LogP contribution in [0.25, 0.3) is 11.1 Å². The smallest absolute Gasteiger partial charge is 0.253 e. The SMILES string of the molecule is O=C(NCc1cccc(-c2ccc([C@@H]3O[C@H](CN(Cc4ccccc4)Cc4ccccc4)C[C@H](c4ccc(CO)cc4)O3)cc2)c1)c1cccnc1. The number of carbonyl (C=O) groups excluding carboxylic acids is 1. The van der Waals surface area contributed by atoms with Crippen LogP contribution in [0.2, 0.25) is 0 Å². The molecule has 1 aromatic heterocycles. The van der Waals surface area contributed by atoms with Crippen molar-refractivity contribution in [2.75, 3.05) is 6.54 Å². The second-order valence-corrected chi connectivity index (χ2v) is 13.2. The van der Waals surface area contributed by atoms with E-state index in [0.29, 0.717) is 18.5 Å². The number of ether oxygens (including phenoxy) is 2. The highest BCUT2D eigenvalue weighted by atomic mass is 16.7. The molecule has 52 heavy (non-hydrogen) atoms. The second kappa shape index (κ2) is 17.2. The number of benzene rings is 5. The van der Waals surface area contributed by atoms with Crippen LogP contribution in [-0.4, -0.2) is 33.5 Å². The van der Waals surface area contributed by atoms with Gasteiger partial charge in [-0.15, -0.1) is 0 Å². The standard InChI is InChI=1S/C45H43N3O4/c49-32-35-16-18-38(19-17-35)43-26-42(31-48(29-33-9-3-1-4-10-33)30-34-11-5-2-6-12-34)51-45(52-43)39-22-20-37(21-23-39)40-14-7-13-36(25-40)27-47-44(50)41-15-8-24-46-28-41/h1-25,28,42-43,45,49H,26-27,29-32H2,(H,47,50)/t42-,43+,45+/m0/s1. The van der Waals surface area contributed by atoms with E-state index in [9.17, 15) is 9.90 Å². The molecule has 1 aliphatic heterocycles. The Morgan fingerprint density at radius 3 is 2.02 bits per heavy atom. The highest BCUT2D eigenvalue weighted by molar-refractivity contribution is 5.93. The van der Waals surface area contributed by atoms with Crippen molar-refractivity contribution in [1.29, 1.82) is 0 Å². The van der Waals surface area contributed by atoms with Gasteiger partial charge in [-0.3, -0.25) is 14.7 Å². The summed E-state index contributed by atoms with van der Waals surface area (Å²) in [6, 6.07) is 49.2. The predicted molar refractivity (Wildman–Crippen MR) is 203 cm³/mol. The Morgan fingerprint density at radius 1 is 0.692 bits per heavy atom. The number of aromatic nitrogens is 1. The monoisotopic (exact) mass is 689 g/mol. The molecule has 0 saturated carbocycles. The summed E-state index contributed by atoms with van der Waals surface area (Å²) in [7, 11) is 0. The first-order chi connectivity index (χ1) is 25.6. The van der Waals surface area contributed by atoms with Crippen LogP contribution >= 0.6 is 0 Å². The fourth-order valence-corrected chi connectivity index (χ4v) is 6.66. The van der Waals surface area contributed by atoms with Crippen molar-refractivity contribution in [1.82, 2.24) is 15.2 Å². The van der Waals surface area contributed by atoms with E-state index in [1.807, 2.05) is 24.3 Å². The third kappa shape index (κ3) is 9.26. The molecular weight excluding hydrogens is 647 g/mol. The van der Waals surface area contributed by atoms with Crippen molar-refractivity contribution in [3.05, 3.63) is 197 Å². The molecule has 0 aliphatic carbocycles. The van der Waals surface area contributed by atoms with Crippen LogP contribution in [0.3, 0.4) is 0 Å². The van der Waals surface area contributed by atoms with Gasteiger partial charge in [-0.2, -0.15) is 0 Å². The minimum Gasteiger partial charge on any atom is -0.392 e. The predicted octanol–water partition coefficient (Wildman–Crippen LogP) is 8.42. The number of pyridine rings is 1. The number of aliphatic hydroxyl groups is 1. The van der Waals surface area contributed by atoms with Gasteiger partial charge in [0.15, 0.2) is 6.29 Å².